The maximum Gasteiger partial charge on any atom is 0.337 e. The molecule has 0 atom stereocenters. The Balaban J connectivity index is 2.33. The van der Waals surface area contributed by atoms with Gasteiger partial charge in [0.1, 0.15) is 0 Å². The number of benzene rings is 2. The van der Waals surface area contributed by atoms with Crippen LogP contribution in [0.3, 0.4) is 0 Å². The minimum absolute atomic E-state index is 0.132. The first-order valence-electron chi connectivity index (χ1n) is 5.61. The van der Waals surface area contributed by atoms with Gasteiger partial charge in [0.25, 0.3) is 10.0 Å². The number of carboxylic acid groups (broad SMARTS) is 1. The molecule has 0 radical (unpaired) electrons. The highest BCUT2D eigenvalue weighted by Gasteiger charge is 2.17. The fraction of sp³-hybridized carbons (Fsp3) is 0. The molecule has 0 fully saturated rings. The summed E-state index contributed by atoms with van der Waals surface area (Å²) in [5.74, 6) is -1.23. The maximum atomic E-state index is 12.2. The van der Waals surface area contributed by atoms with Crippen LogP contribution in [0.25, 0.3) is 0 Å². The van der Waals surface area contributed by atoms with Crippen molar-refractivity contribution in [1.82, 2.24) is 0 Å². The zero-order chi connectivity index (χ0) is 15.6. The van der Waals surface area contributed by atoms with E-state index in [-0.39, 0.29) is 15.5 Å². The second-order valence-electron chi connectivity index (χ2n) is 4.06. The van der Waals surface area contributed by atoms with Gasteiger partial charge < -0.3 is 5.11 Å². The van der Waals surface area contributed by atoms with Crippen molar-refractivity contribution in [2.75, 3.05) is 4.72 Å². The van der Waals surface area contributed by atoms with Gasteiger partial charge in [0.2, 0.25) is 0 Å². The topological polar surface area (TPSA) is 83.5 Å². The third-order valence-electron chi connectivity index (χ3n) is 2.58. The smallest absolute Gasteiger partial charge is 0.337 e. The predicted molar refractivity (Wildman–Crippen MR) is 80.7 cm³/mol. The number of anilines is 1. The summed E-state index contributed by atoms with van der Waals surface area (Å²) in [5.41, 5.74) is 0.167. The fourth-order valence-electron chi connectivity index (χ4n) is 1.57. The van der Waals surface area contributed by atoms with Crippen LogP contribution in [0, 0.1) is 0 Å². The van der Waals surface area contributed by atoms with Crippen LogP contribution in [-0.4, -0.2) is 19.5 Å². The Labute approximate surface area is 131 Å². The van der Waals surface area contributed by atoms with Crippen LogP contribution >= 0.6 is 23.2 Å². The molecule has 0 aliphatic carbocycles. The molecule has 110 valence electrons. The van der Waals surface area contributed by atoms with Gasteiger partial charge in [0, 0.05) is 10.7 Å². The van der Waals surface area contributed by atoms with Gasteiger partial charge in [-0.05, 0) is 42.5 Å². The van der Waals surface area contributed by atoms with E-state index < -0.39 is 16.0 Å². The first-order chi connectivity index (χ1) is 9.79. The number of hydrogen-bond donors (Lipinski definition) is 2. The van der Waals surface area contributed by atoms with Gasteiger partial charge in [-0.3, -0.25) is 4.72 Å². The molecule has 21 heavy (non-hydrogen) atoms. The SMILES string of the molecule is O=C(O)c1ccc(S(=O)(=O)Nc2ccc(Cl)cc2)cc1Cl. The number of rotatable bonds is 4. The van der Waals surface area contributed by atoms with Gasteiger partial charge >= 0.3 is 5.97 Å². The number of sulfonamides is 1. The molecule has 0 saturated heterocycles. The molecule has 0 saturated carbocycles. The van der Waals surface area contributed by atoms with Gasteiger partial charge in [-0.2, -0.15) is 0 Å². The lowest BCUT2D eigenvalue weighted by atomic mass is 10.2. The number of aromatic carboxylic acids is 1. The summed E-state index contributed by atoms with van der Waals surface area (Å²) < 4.78 is 26.7. The van der Waals surface area contributed by atoms with Crippen molar-refractivity contribution in [2.24, 2.45) is 0 Å². The molecule has 0 unspecified atom stereocenters. The van der Waals surface area contributed by atoms with Crippen LogP contribution in [0.15, 0.2) is 47.4 Å². The molecule has 0 heterocycles. The summed E-state index contributed by atoms with van der Waals surface area (Å²) in [6, 6.07) is 9.50. The Hall–Kier alpha value is -1.76. The minimum Gasteiger partial charge on any atom is -0.478 e. The summed E-state index contributed by atoms with van der Waals surface area (Å²) >= 11 is 11.5. The Morgan fingerprint density at radius 3 is 2.19 bits per heavy atom. The van der Waals surface area contributed by atoms with E-state index in [0.29, 0.717) is 10.7 Å². The van der Waals surface area contributed by atoms with Gasteiger partial charge in [0.05, 0.1) is 15.5 Å². The first kappa shape index (κ1) is 15.6. The molecular formula is C13H9Cl2NO4S. The number of carboxylic acids is 1. The highest BCUT2D eigenvalue weighted by Crippen LogP contribution is 2.23. The zero-order valence-electron chi connectivity index (χ0n) is 10.4. The van der Waals surface area contributed by atoms with Crippen LogP contribution in [0.4, 0.5) is 5.69 Å². The zero-order valence-corrected chi connectivity index (χ0v) is 12.7. The molecule has 0 aliphatic heterocycles. The van der Waals surface area contributed by atoms with Gasteiger partial charge in [-0.1, -0.05) is 23.2 Å². The molecule has 0 spiro atoms. The summed E-state index contributed by atoms with van der Waals surface area (Å²) in [5, 5.41) is 9.19. The van der Waals surface area contributed by atoms with Crippen molar-refractivity contribution in [3.05, 3.63) is 58.1 Å². The molecule has 2 aromatic carbocycles. The Kier molecular flexibility index (Phi) is 4.41. The molecule has 0 amide bonds. The Morgan fingerprint density at radius 1 is 1.05 bits per heavy atom. The standard InChI is InChI=1S/C13H9Cl2NO4S/c14-8-1-3-9(4-2-8)16-21(19,20)10-5-6-11(13(17)18)12(15)7-10/h1-7,16H,(H,17,18). The van der Waals surface area contributed by atoms with E-state index in [4.69, 9.17) is 28.3 Å². The third kappa shape index (κ3) is 3.66. The van der Waals surface area contributed by atoms with Crippen molar-refractivity contribution in [3.63, 3.8) is 0 Å². The molecule has 2 N–H and O–H groups in total. The summed E-state index contributed by atoms with van der Waals surface area (Å²) in [6.45, 7) is 0. The lowest BCUT2D eigenvalue weighted by molar-refractivity contribution is 0.0697. The quantitative estimate of drug-likeness (QED) is 0.888. The molecule has 2 aromatic rings. The van der Waals surface area contributed by atoms with Crippen LogP contribution in [0.5, 0.6) is 0 Å². The van der Waals surface area contributed by atoms with E-state index in [9.17, 15) is 13.2 Å². The monoisotopic (exact) mass is 345 g/mol. The molecule has 5 nitrogen and oxygen atoms in total. The largest absolute Gasteiger partial charge is 0.478 e. The Morgan fingerprint density at radius 2 is 1.67 bits per heavy atom. The van der Waals surface area contributed by atoms with Crippen molar-refractivity contribution in [1.29, 1.82) is 0 Å². The first-order valence-corrected chi connectivity index (χ1v) is 7.85. The van der Waals surface area contributed by atoms with Gasteiger partial charge in [0.15, 0.2) is 0 Å². The van der Waals surface area contributed by atoms with Crippen LogP contribution in [-0.2, 0) is 10.0 Å². The third-order valence-corrected chi connectivity index (χ3v) is 4.52. The Bertz CT molecular complexity index is 788. The highest BCUT2D eigenvalue weighted by molar-refractivity contribution is 7.92. The maximum absolute atomic E-state index is 12.2. The van der Waals surface area contributed by atoms with Crippen molar-refractivity contribution >= 4 is 44.9 Å². The summed E-state index contributed by atoms with van der Waals surface area (Å²) in [7, 11) is -3.86. The molecular weight excluding hydrogens is 337 g/mol. The molecule has 0 aliphatic rings. The van der Waals surface area contributed by atoms with Crippen LogP contribution in [0.2, 0.25) is 10.0 Å². The van der Waals surface area contributed by atoms with Crippen LogP contribution < -0.4 is 4.72 Å². The van der Waals surface area contributed by atoms with E-state index >= 15 is 0 Å². The summed E-state index contributed by atoms with van der Waals surface area (Å²) in [4.78, 5) is 10.7. The average Bonchev–Trinajstić information content (AvgIpc) is 2.40. The van der Waals surface area contributed by atoms with E-state index in [1.165, 1.54) is 18.2 Å². The lowest BCUT2D eigenvalue weighted by Crippen LogP contribution is -2.13. The summed E-state index contributed by atoms with van der Waals surface area (Å²) in [6.07, 6.45) is 0. The van der Waals surface area contributed by atoms with E-state index in [1.807, 2.05) is 0 Å². The van der Waals surface area contributed by atoms with Crippen LogP contribution in [0.1, 0.15) is 10.4 Å². The normalized spacial score (nSPS) is 11.1. The lowest BCUT2D eigenvalue weighted by Gasteiger charge is -2.09. The van der Waals surface area contributed by atoms with Crippen molar-refractivity contribution < 1.29 is 18.3 Å². The number of hydrogen-bond acceptors (Lipinski definition) is 3. The molecule has 0 aromatic heterocycles. The van der Waals surface area contributed by atoms with Gasteiger partial charge in [-0.25, -0.2) is 13.2 Å². The number of nitrogens with one attached hydrogen (secondary N) is 1. The van der Waals surface area contributed by atoms with Crippen molar-refractivity contribution in [3.8, 4) is 0 Å². The number of carbonyl (C=O) groups is 1. The molecule has 2 rings (SSSR count). The second kappa shape index (κ2) is 5.93. The highest BCUT2D eigenvalue weighted by atomic mass is 35.5. The van der Waals surface area contributed by atoms with E-state index in [1.54, 1.807) is 12.1 Å². The number of halogens is 2. The van der Waals surface area contributed by atoms with Crippen molar-refractivity contribution in [2.45, 2.75) is 4.90 Å². The average molecular weight is 346 g/mol. The second-order valence-corrected chi connectivity index (χ2v) is 6.59. The predicted octanol–water partition coefficient (Wildman–Crippen LogP) is 3.49. The van der Waals surface area contributed by atoms with E-state index in [0.717, 1.165) is 12.1 Å². The minimum atomic E-state index is -3.86. The molecule has 8 heteroatoms. The van der Waals surface area contributed by atoms with Gasteiger partial charge in [-0.15, -0.1) is 0 Å². The van der Waals surface area contributed by atoms with E-state index in [2.05, 4.69) is 4.72 Å². The molecule has 0 bridgehead atoms. The fourth-order valence-corrected chi connectivity index (χ4v) is 3.10.